The average Bonchev–Trinajstić information content (AvgIpc) is 2.89. The molecular weight excluding hydrogens is 220 g/mol. The monoisotopic (exact) mass is 234 g/mol. The fraction of sp³-hybridized carbons (Fsp3) is 0.417. The van der Waals surface area contributed by atoms with Crippen LogP contribution in [0, 0.1) is 0 Å². The quantitative estimate of drug-likeness (QED) is 0.840. The van der Waals surface area contributed by atoms with E-state index in [1.54, 1.807) is 11.8 Å². The zero-order valence-corrected chi connectivity index (χ0v) is 9.74. The zero-order valence-electron chi connectivity index (χ0n) is 8.93. The Morgan fingerprint density at radius 3 is 2.94 bits per heavy atom. The Labute approximate surface area is 99.0 Å². The number of nitrogens with zero attached hydrogens (tertiary/aromatic N) is 1. The number of carbonyl (C=O) groups is 1. The molecule has 0 radical (unpaired) electrons. The van der Waals surface area contributed by atoms with Gasteiger partial charge >= 0.3 is 0 Å². The van der Waals surface area contributed by atoms with Crippen LogP contribution in [-0.2, 0) is 11.3 Å². The molecule has 3 nitrogen and oxygen atoms in total. The van der Waals surface area contributed by atoms with Crippen molar-refractivity contribution in [1.82, 2.24) is 0 Å². The fourth-order valence-electron chi connectivity index (χ4n) is 2.53. The third-order valence-electron chi connectivity index (χ3n) is 3.33. The molecule has 84 valence electrons. The molecule has 0 aromatic heterocycles. The van der Waals surface area contributed by atoms with Crippen LogP contribution < -0.4 is 10.6 Å². The van der Waals surface area contributed by atoms with Crippen LogP contribution in [0.15, 0.2) is 24.3 Å². The van der Waals surface area contributed by atoms with Crippen LogP contribution in [0.3, 0.4) is 0 Å². The second-order valence-electron chi connectivity index (χ2n) is 4.25. The molecule has 2 aliphatic rings. The molecule has 0 saturated carbocycles. The lowest BCUT2D eigenvalue weighted by Gasteiger charge is -2.28. The first-order valence-electron chi connectivity index (χ1n) is 5.54. The van der Waals surface area contributed by atoms with Crippen LogP contribution in [0.4, 0.5) is 5.69 Å². The summed E-state index contributed by atoms with van der Waals surface area (Å²) in [5, 5.41) is 0.191. The SMILES string of the molecule is NCc1ccccc1N1C(=O)C2CC1CS2. The molecule has 0 aliphatic carbocycles. The van der Waals surface area contributed by atoms with Gasteiger partial charge in [0.1, 0.15) is 0 Å². The van der Waals surface area contributed by atoms with Crippen molar-refractivity contribution in [3.05, 3.63) is 29.8 Å². The van der Waals surface area contributed by atoms with Gasteiger partial charge in [-0.25, -0.2) is 0 Å². The van der Waals surface area contributed by atoms with Crippen molar-refractivity contribution >= 4 is 23.4 Å². The Balaban J connectivity index is 2.01. The Kier molecular flexibility index (Phi) is 2.41. The molecule has 2 fully saturated rings. The molecule has 16 heavy (non-hydrogen) atoms. The van der Waals surface area contributed by atoms with E-state index < -0.39 is 0 Å². The van der Waals surface area contributed by atoms with E-state index in [4.69, 9.17) is 5.73 Å². The summed E-state index contributed by atoms with van der Waals surface area (Å²) in [7, 11) is 0. The van der Waals surface area contributed by atoms with Crippen molar-refractivity contribution in [3.63, 3.8) is 0 Å². The summed E-state index contributed by atoms with van der Waals surface area (Å²) in [6.07, 6.45) is 1.00. The smallest absolute Gasteiger partial charge is 0.240 e. The van der Waals surface area contributed by atoms with Crippen molar-refractivity contribution < 1.29 is 4.79 Å². The van der Waals surface area contributed by atoms with Gasteiger partial charge in [-0.3, -0.25) is 4.79 Å². The van der Waals surface area contributed by atoms with Gasteiger partial charge in [-0.15, -0.1) is 11.8 Å². The summed E-state index contributed by atoms with van der Waals surface area (Å²) >= 11 is 1.79. The molecule has 0 spiro atoms. The molecule has 1 aromatic rings. The summed E-state index contributed by atoms with van der Waals surface area (Å²) in [6, 6.07) is 8.34. The van der Waals surface area contributed by atoms with Crippen LogP contribution >= 0.6 is 11.8 Å². The minimum atomic E-state index is 0.191. The van der Waals surface area contributed by atoms with E-state index in [2.05, 4.69) is 0 Å². The van der Waals surface area contributed by atoms with Gasteiger partial charge in [0.2, 0.25) is 5.91 Å². The number of amides is 1. The second-order valence-corrected chi connectivity index (χ2v) is 5.49. The van der Waals surface area contributed by atoms with Crippen LogP contribution in [0.2, 0.25) is 0 Å². The van der Waals surface area contributed by atoms with Gasteiger partial charge in [-0.05, 0) is 18.1 Å². The van der Waals surface area contributed by atoms with Crippen molar-refractivity contribution in [2.24, 2.45) is 5.73 Å². The molecule has 3 rings (SSSR count). The van der Waals surface area contributed by atoms with E-state index >= 15 is 0 Å². The molecule has 1 aromatic carbocycles. The average molecular weight is 234 g/mol. The van der Waals surface area contributed by atoms with Gasteiger partial charge in [0, 0.05) is 24.0 Å². The van der Waals surface area contributed by atoms with Crippen LogP contribution in [0.1, 0.15) is 12.0 Å². The molecule has 2 bridgehead atoms. The summed E-state index contributed by atoms with van der Waals surface area (Å²) in [5.41, 5.74) is 7.80. The lowest BCUT2D eigenvalue weighted by atomic mass is 10.1. The zero-order chi connectivity index (χ0) is 11.1. The van der Waals surface area contributed by atoms with Gasteiger partial charge in [0.15, 0.2) is 0 Å². The molecule has 2 atom stereocenters. The molecule has 2 unspecified atom stereocenters. The fourth-order valence-corrected chi connectivity index (χ4v) is 3.89. The van der Waals surface area contributed by atoms with Crippen molar-refractivity contribution in [2.75, 3.05) is 10.7 Å². The Bertz CT molecular complexity index is 435. The number of nitrogens with two attached hydrogens (primary N) is 1. The van der Waals surface area contributed by atoms with E-state index in [0.29, 0.717) is 12.6 Å². The Morgan fingerprint density at radius 1 is 1.44 bits per heavy atom. The first-order valence-corrected chi connectivity index (χ1v) is 6.59. The third kappa shape index (κ3) is 1.37. The predicted molar refractivity (Wildman–Crippen MR) is 66.5 cm³/mol. The van der Waals surface area contributed by atoms with Crippen molar-refractivity contribution in [1.29, 1.82) is 0 Å². The van der Waals surface area contributed by atoms with Gasteiger partial charge in [0.25, 0.3) is 0 Å². The van der Waals surface area contributed by atoms with Gasteiger partial charge < -0.3 is 10.6 Å². The van der Waals surface area contributed by atoms with Gasteiger partial charge in [-0.2, -0.15) is 0 Å². The number of thioether (sulfide) groups is 1. The second kappa shape index (κ2) is 3.79. The highest BCUT2D eigenvalue weighted by molar-refractivity contribution is 8.01. The maximum absolute atomic E-state index is 12.1. The number of para-hydroxylation sites is 1. The number of hydrogen-bond donors (Lipinski definition) is 1. The number of anilines is 1. The summed E-state index contributed by atoms with van der Waals surface area (Å²) in [6.45, 7) is 0.491. The number of fused-ring (bicyclic) bond motifs is 2. The van der Waals surface area contributed by atoms with E-state index in [1.165, 1.54) is 0 Å². The standard InChI is InChI=1S/C12H14N2OS/c13-6-8-3-1-2-4-10(8)14-9-5-11(12(14)15)16-7-9/h1-4,9,11H,5-7,13H2. The summed E-state index contributed by atoms with van der Waals surface area (Å²) in [5.74, 6) is 1.33. The number of rotatable bonds is 2. The Hall–Kier alpha value is -1.000. The highest BCUT2D eigenvalue weighted by Crippen LogP contribution is 2.41. The third-order valence-corrected chi connectivity index (χ3v) is 4.70. The molecule has 2 saturated heterocycles. The van der Waals surface area contributed by atoms with Crippen molar-refractivity contribution in [2.45, 2.75) is 24.3 Å². The molecule has 2 heterocycles. The van der Waals surface area contributed by atoms with Crippen LogP contribution in [-0.4, -0.2) is 23.0 Å². The number of benzene rings is 1. The molecular formula is C12H14N2OS. The first-order chi connectivity index (χ1) is 7.81. The normalized spacial score (nSPS) is 27.8. The van der Waals surface area contributed by atoms with E-state index in [-0.39, 0.29) is 11.2 Å². The summed E-state index contributed by atoms with van der Waals surface area (Å²) in [4.78, 5) is 14.1. The number of carbonyl (C=O) groups excluding carboxylic acids is 1. The molecule has 1 amide bonds. The lowest BCUT2D eigenvalue weighted by molar-refractivity contribution is -0.116. The molecule has 2 aliphatic heterocycles. The van der Waals surface area contributed by atoms with Crippen molar-refractivity contribution in [3.8, 4) is 0 Å². The Morgan fingerprint density at radius 2 is 2.25 bits per heavy atom. The highest BCUT2D eigenvalue weighted by atomic mass is 32.2. The van der Waals surface area contributed by atoms with Crippen LogP contribution in [0.25, 0.3) is 0 Å². The first kappa shape index (κ1) is 10.2. The molecule has 4 heteroatoms. The minimum absolute atomic E-state index is 0.191. The summed E-state index contributed by atoms with van der Waals surface area (Å²) < 4.78 is 0. The van der Waals surface area contributed by atoms with Gasteiger partial charge in [-0.1, -0.05) is 18.2 Å². The molecule has 2 N–H and O–H groups in total. The van der Waals surface area contributed by atoms with E-state index in [1.807, 2.05) is 29.2 Å². The topological polar surface area (TPSA) is 46.3 Å². The maximum atomic E-state index is 12.1. The predicted octanol–water partition coefficient (Wildman–Crippen LogP) is 1.37. The minimum Gasteiger partial charge on any atom is -0.326 e. The van der Waals surface area contributed by atoms with E-state index in [9.17, 15) is 4.79 Å². The maximum Gasteiger partial charge on any atom is 0.240 e. The largest absolute Gasteiger partial charge is 0.326 e. The van der Waals surface area contributed by atoms with Gasteiger partial charge in [0.05, 0.1) is 5.25 Å². The van der Waals surface area contributed by atoms with E-state index in [0.717, 1.165) is 23.4 Å². The highest BCUT2D eigenvalue weighted by Gasteiger charge is 2.46. The van der Waals surface area contributed by atoms with Crippen LogP contribution in [0.5, 0.6) is 0 Å². The number of hydrogen-bond acceptors (Lipinski definition) is 3. The lowest BCUT2D eigenvalue weighted by Crippen LogP contribution is -2.39.